The van der Waals surface area contributed by atoms with Crippen molar-refractivity contribution in [1.82, 2.24) is 4.98 Å². The van der Waals surface area contributed by atoms with Gasteiger partial charge in [0.1, 0.15) is 0 Å². The second kappa shape index (κ2) is 2.98. The van der Waals surface area contributed by atoms with Crippen molar-refractivity contribution in [2.45, 2.75) is 0 Å². The number of carbonyl (C=O) groups is 1. The number of carbonyl (C=O) groups excluding carboxylic acids is 1. The summed E-state index contributed by atoms with van der Waals surface area (Å²) in [7, 11) is 0. The smallest absolute Gasteiger partial charge is 0.333 e. The van der Waals surface area contributed by atoms with E-state index in [1.807, 2.05) is 0 Å². The van der Waals surface area contributed by atoms with Crippen LogP contribution in [0, 0.1) is 0 Å². The molecular weight excluding hydrogens is 144 g/mol. The molecule has 0 saturated carbocycles. The van der Waals surface area contributed by atoms with Crippen LogP contribution in [0.3, 0.4) is 0 Å². The molecule has 1 rings (SSSR count). The number of amides is 2. The van der Waals surface area contributed by atoms with Crippen LogP contribution >= 0.6 is 0 Å². The van der Waals surface area contributed by atoms with Gasteiger partial charge in [0.15, 0.2) is 0 Å². The molecule has 0 aliphatic heterocycles. The molecule has 0 saturated heterocycles. The lowest BCUT2D eigenvalue weighted by Crippen LogP contribution is -2.41. The summed E-state index contributed by atoms with van der Waals surface area (Å²) in [5.41, 5.74) is 5.37. The lowest BCUT2D eigenvalue weighted by atomic mass is 10.4. The Bertz CT molecular complexity index is 248. The Morgan fingerprint density at radius 3 is 2.82 bits per heavy atom. The van der Waals surface area contributed by atoms with E-state index in [4.69, 9.17) is 11.6 Å². The van der Waals surface area contributed by atoms with Crippen LogP contribution < -0.4 is 16.6 Å². The molecule has 0 fully saturated rings. The normalized spacial score (nSPS) is 9.18. The number of nitrogens with two attached hydrogens (primary N) is 2. The first kappa shape index (κ1) is 7.49. The van der Waals surface area contributed by atoms with E-state index in [-0.39, 0.29) is 0 Å². The zero-order chi connectivity index (χ0) is 8.27. The zero-order valence-corrected chi connectivity index (χ0v) is 5.77. The number of hydrogen-bond donors (Lipinski definition) is 2. The molecule has 0 bridgehead atoms. The van der Waals surface area contributed by atoms with Crippen LogP contribution in [-0.2, 0) is 0 Å². The van der Waals surface area contributed by atoms with Gasteiger partial charge in [-0.25, -0.2) is 15.6 Å². The Morgan fingerprint density at radius 1 is 1.64 bits per heavy atom. The van der Waals surface area contributed by atoms with Crippen molar-refractivity contribution in [2.24, 2.45) is 11.6 Å². The zero-order valence-electron chi connectivity index (χ0n) is 5.77. The Hall–Kier alpha value is -1.62. The van der Waals surface area contributed by atoms with Crippen molar-refractivity contribution < 1.29 is 4.79 Å². The van der Waals surface area contributed by atoms with Crippen LogP contribution in [0.2, 0.25) is 0 Å². The molecule has 0 radical (unpaired) electrons. The van der Waals surface area contributed by atoms with E-state index >= 15 is 0 Å². The summed E-state index contributed by atoms with van der Waals surface area (Å²) in [6.45, 7) is 0. The molecule has 0 unspecified atom stereocenters. The summed E-state index contributed by atoms with van der Waals surface area (Å²) in [6.07, 6.45) is 3.03. The molecular formula is C6H8N4O. The molecule has 0 aliphatic rings. The molecule has 2 amide bonds. The van der Waals surface area contributed by atoms with Gasteiger partial charge in [-0.15, -0.1) is 0 Å². The van der Waals surface area contributed by atoms with Crippen molar-refractivity contribution in [1.29, 1.82) is 0 Å². The predicted molar refractivity (Wildman–Crippen MR) is 40.5 cm³/mol. The van der Waals surface area contributed by atoms with Gasteiger partial charge in [0, 0.05) is 6.20 Å². The van der Waals surface area contributed by atoms with E-state index in [1.165, 1.54) is 6.20 Å². The fourth-order valence-corrected chi connectivity index (χ4v) is 0.623. The molecule has 1 aromatic heterocycles. The molecule has 1 aromatic rings. The second-order valence-corrected chi connectivity index (χ2v) is 1.92. The highest BCUT2D eigenvalue weighted by molar-refractivity contribution is 5.88. The number of urea groups is 1. The van der Waals surface area contributed by atoms with Crippen LogP contribution in [0.15, 0.2) is 24.5 Å². The third-order valence-electron chi connectivity index (χ3n) is 1.16. The molecule has 1 heterocycles. The number of pyridine rings is 1. The van der Waals surface area contributed by atoms with Gasteiger partial charge in [0.2, 0.25) is 0 Å². The summed E-state index contributed by atoms with van der Waals surface area (Å²) < 4.78 is 0. The van der Waals surface area contributed by atoms with E-state index < -0.39 is 6.03 Å². The topological polar surface area (TPSA) is 85.2 Å². The molecule has 0 atom stereocenters. The molecule has 5 nitrogen and oxygen atoms in total. The predicted octanol–water partition coefficient (Wildman–Crippen LogP) is -0.160. The standard InChI is InChI=1S/C6H8N4O/c7-6(11)10(8)5-2-1-3-9-4-5/h1-4H,8H2,(H2,7,11). The first-order chi connectivity index (χ1) is 5.22. The molecule has 0 aliphatic carbocycles. The van der Waals surface area contributed by atoms with Crippen molar-refractivity contribution in [2.75, 3.05) is 5.01 Å². The lowest BCUT2D eigenvalue weighted by Gasteiger charge is -2.11. The van der Waals surface area contributed by atoms with Gasteiger partial charge in [-0.1, -0.05) is 0 Å². The minimum absolute atomic E-state index is 0.472. The van der Waals surface area contributed by atoms with Gasteiger partial charge < -0.3 is 5.73 Å². The van der Waals surface area contributed by atoms with Gasteiger partial charge in [0.05, 0.1) is 11.9 Å². The van der Waals surface area contributed by atoms with Crippen LogP contribution in [0.25, 0.3) is 0 Å². The van der Waals surface area contributed by atoms with E-state index in [0.29, 0.717) is 5.69 Å². The summed E-state index contributed by atoms with van der Waals surface area (Å²) in [5.74, 6) is 5.26. The van der Waals surface area contributed by atoms with Gasteiger partial charge >= 0.3 is 6.03 Å². The van der Waals surface area contributed by atoms with Gasteiger partial charge in [-0.2, -0.15) is 0 Å². The van der Waals surface area contributed by atoms with E-state index in [2.05, 4.69) is 4.98 Å². The van der Waals surface area contributed by atoms with Crippen molar-refractivity contribution in [3.63, 3.8) is 0 Å². The molecule has 5 heteroatoms. The molecule has 58 valence electrons. The van der Waals surface area contributed by atoms with Crippen LogP contribution in [0.5, 0.6) is 0 Å². The quantitative estimate of drug-likeness (QED) is 0.333. The Morgan fingerprint density at radius 2 is 2.36 bits per heavy atom. The number of nitrogens with zero attached hydrogens (tertiary/aromatic N) is 2. The van der Waals surface area contributed by atoms with Crippen LogP contribution in [0.1, 0.15) is 0 Å². The highest BCUT2D eigenvalue weighted by atomic mass is 16.2. The maximum Gasteiger partial charge on any atom is 0.333 e. The monoisotopic (exact) mass is 152 g/mol. The summed E-state index contributed by atoms with van der Waals surface area (Å²) >= 11 is 0. The largest absolute Gasteiger partial charge is 0.350 e. The first-order valence-corrected chi connectivity index (χ1v) is 2.96. The Kier molecular flexibility index (Phi) is 2.03. The number of hydrazine groups is 1. The summed E-state index contributed by atoms with van der Waals surface area (Å²) in [5, 5.41) is 0.826. The highest BCUT2D eigenvalue weighted by Crippen LogP contribution is 2.05. The molecule has 0 aromatic carbocycles. The first-order valence-electron chi connectivity index (χ1n) is 2.96. The van der Waals surface area contributed by atoms with Gasteiger partial charge in [0.25, 0.3) is 0 Å². The minimum atomic E-state index is -0.710. The van der Waals surface area contributed by atoms with E-state index in [0.717, 1.165) is 5.01 Å². The van der Waals surface area contributed by atoms with Crippen molar-refractivity contribution in [3.8, 4) is 0 Å². The molecule has 11 heavy (non-hydrogen) atoms. The highest BCUT2D eigenvalue weighted by Gasteiger charge is 2.04. The number of hydrogen-bond acceptors (Lipinski definition) is 3. The lowest BCUT2D eigenvalue weighted by molar-refractivity contribution is 0.254. The summed E-state index contributed by atoms with van der Waals surface area (Å²) in [6, 6.07) is 2.59. The number of rotatable bonds is 1. The Labute approximate surface area is 63.6 Å². The van der Waals surface area contributed by atoms with Gasteiger partial charge in [-0.3, -0.25) is 4.98 Å². The second-order valence-electron chi connectivity index (χ2n) is 1.92. The number of anilines is 1. The fraction of sp³-hybridized carbons (Fsp3) is 0. The third kappa shape index (κ3) is 1.65. The maximum absolute atomic E-state index is 10.5. The molecule has 0 spiro atoms. The van der Waals surface area contributed by atoms with E-state index in [1.54, 1.807) is 18.3 Å². The molecule has 4 N–H and O–H groups in total. The van der Waals surface area contributed by atoms with Crippen LogP contribution in [0.4, 0.5) is 10.5 Å². The van der Waals surface area contributed by atoms with Crippen molar-refractivity contribution >= 4 is 11.7 Å². The Balaban J connectivity index is 2.85. The van der Waals surface area contributed by atoms with Crippen LogP contribution in [-0.4, -0.2) is 11.0 Å². The third-order valence-corrected chi connectivity index (χ3v) is 1.16. The number of aromatic nitrogens is 1. The van der Waals surface area contributed by atoms with E-state index in [9.17, 15) is 4.79 Å². The minimum Gasteiger partial charge on any atom is -0.350 e. The maximum atomic E-state index is 10.5. The SMILES string of the molecule is NC(=O)N(N)c1cccnc1. The van der Waals surface area contributed by atoms with Gasteiger partial charge in [-0.05, 0) is 12.1 Å². The summed E-state index contributed by atoms with van der Waals surface area (Å²) in [4.78, 5) is 14.3. The number of primary amides is 1. The van der Waals surface area contributed by atoms with Crippen molar-refractivity contribution in [3.05, 3.63) is 24.5 Å². The average molecular weight is 152 g/mol. The average Bonchev–Trinajstić information content (AvgIpc) is 2.05. The fourth-order valence-electron chi connectivity index (χ4n) is 0.623.